The summed E-state index contributed by atoms with van der Waals surface area (Å²) < 4.78 is 5.19. The first-order valence-electron chi connectivity index (χ1n) is 6.86. The second-order valence-corrected chi connectivity index (χ2v) is 6.16. The lowest BCUT2D eigenvalue weighted by Crippen LogP contribution is -2.53. The van der Waals surface area contributed by atoms with Crippen LogP contribution < -0.4 is 11.1 Å². The maximum absolute atomic E-state index is 11.7. The van der Waals surface area contributed by atoms with Gasteiger partial charge in [-0.05, 0) is 27.2 Å². The lowest BCUT2D eigenvalue weighted by molar-refractivity contribution is -0.144. The number of carboxylic acids is 1. The fraction of sp³-hybridized carbons (Fsp3) is 0.846. The molecule has 1 aliphatic rings. The van der Waals surface area contributed by atoms with Crippen molar-refractivity contribution >= 4 is 12.1 Å². The van der Waals surface area contributed by atoms with Crippen molar-refractivity contribution in [2.75, 3.05) is 26.2 Å². The summed E-state index contributed by atoms with van der Waals surface area (Å²) in [6.45, 7) is 7.51. The SMILES string of the molecule is CC(C)(C)OC(=O)NC1CC(C(=O)O)CN(CCN)C1. The van der Waals surface area contributed by atoms with E-state index in [-0.39, 0.29) is 6.04 Å². The Kier molecular flexibility index (Phi) is 5.76. The largest absolute Gasteiger partial charge is 0.481 e. The van der Waals surface area contributed by atoms with E-state index in [9.17, 15) is 9.59 Å². The van der Waals surface area contributed by atoms with Gasteiger partial charge in [0.25, 0.3) is 0 Å². The van der Waals surface area contributed by atoms with Gasteiger partial charge in [-0.1, -0.05) is 0 Å². The Balaban J connectivity index is 2.58. The highest BCUT2D eigenvalue weighted by Crippen LogP contribution is 2.17. The van der Waals surface area contributed by atoms with Crippen molar-refractivity contribution in [3.63, 3.8) is 0 Å². The molecule has 4 N–H and O–H groups in total. The van der Waals surface area contributed by atoms with E-state index in [4.69, 9.17) is 15.6 Å². The number of nitrogens with one attached hydrogen (secondary N) is 1. The monoisotopic (exact) mass is 287 g/mol. The molecule has 0 aromatic carbocycles. The standard InChI is InChI=1S/C13H25N3O4/c1-13(2,3)20-12(19)15-10-6-9(11(17)18)7-16(8-10)5-4-14/h9-10H,4-8,14H2,1-3H3,(H,15,19)(H,17,18). The molecular formula is C13H25N3O4. The molecule has 1 fully saturated rings. The molecule has 0 radical (unpaired) electrons. The van der Waals surface area contributed by atoms with Gasteiger partial charge in [0.2, 0.25) is 0 Å². The van der Waals surface area contributed by atoms with Crippen LogP contribution in [0.3, 0.4) is 0 Å². The predicted molar refractivity (Wildman–Crippen MR) is 74.4 cm³/mol. The molecule has 116 valence electrons. The van der Waals surface area contributed by atoms with Gasteiger partial charge in [-0.15, -0.1) is 0 Å². The number of carbonyl (C=O) groups is 2. The van der Waals surface area contributed by atoms with E-state index in [2.05, 4.69) is 5.32 Å². The van der Waals surface area contributed by atoms with E-state index in [0.717, 1.165) is 0 Å². The minimum Gasteiger partial charge on any atom is -0.481 e. The van der Waals surface area contributed by atoms with Crippen molar-refractivity contribution in [2.24, 2.45) is 11.7 Å². The van der Waals surface area contributed by atoms with Crippen molar-refractivity contribution < 1.29 is 19.4 Å². The second-order valence-electron chi connectivity index (χ2n) is 6.16. The Bertz CT molecular complexity index is 354. The van der Waals surface area contributed by atoms with Crippen LogP contribution in [0.2, 0.25) is 0 Å². The van der Waals surface area contributed by atoms with Crippen LogP contribution in [-0.2, 0) is 9.53 Å². The van der Waals surface area contributed by atoms with Gasteiger partial charge in [0, 0.05) is 32.2 Å². The lowest BCUT2D eigenvalue weighted by Gasteiger charge is -2.36. The molecule has 7 nitrogen and oxygen atoms in total. The zero-order valence-corrected chi connectivity index (χ0v) is 12.4. The van der Waals surface area contributed by atoms with Crippen LogP contribution in [0, 0.1) is 5.92 Å². The highest BCUT2D eigenvalue weighted by atomic mass is 16.6. The van der Waals surface area contributed by atoms with E-state index >= 15 is 0 Å². The summed E-state index contributed by atoms with van der Waals surface area (Å²) in [5.74, 6) is -1.34. The number of alkyl carbamates (subject to hydrolysis) is 1. The lowest BCUT2D eigenvalue weighted by atomic mass is 9.94. The average Bonchev–Trinajstić information content (AvgIpc) is 2.26. The zero-order valence-electron chi connectivity index (χ0n) is 12.4. The van der Waals surface area contributed by atoms with Gasteiger partial charge in [-0.2, -0.15) is 0 Å². The Morgan fingerprint density at radius 2 is 2.05 bits per heavy atom. The number of hydrogen-bond acceptors (Lipinski definition) is 5. The second kappa shape index (κ2) is 6.90. The molecule has 7 heteroatoms. The first kappa shape index (κ1) is 16.7. The van der Waals surface area contributed by atoms with E-state index in [1.807, 2.05) is 4.90 Å². The summed E-state index contributed by atoms with van der Waals surface area (Å²) in [4.78, 5) is 24.9. The third-order valence-corrected chi connectivity index (χ3v) is 3.04. The molecule has 20 heavy (non-hydrogen) atoms. The molecule has 0 bridgehead atoms. The van der Waals surface area contributed by atoms with Crippen LogP contribution in [0.4, 0.5) is 4.79 Å². The van der Waals surface area contributed by atoms with E-state index < -0.39 is 23.6 Å². The number of ether oxygens (including phenoxy) is 1. The fourth-order valence-electron chi connectivity index (χ4n) is 2.31. The Morgan fingerprint density at radius 3 is 2.55 bits per heavy atom. The van der Waals surface area contributed by atoms with Crippen LogP contribution >= 0.6 is 0 Å². The number of carboxylic acid groups (broad SMARTS) is 1. The fourth-order valence-corrected chi connectivity index (χ4v) is 2.31. The number of piperidine rings is 1. The maximum atomic E-state index is 11.7. The van der Waals surface area contributed by atoms with E-state index in [1.54, 1.807) is 20.8 Å². The molecule has 2 atom stereocenters. The van der Waals surface area contributed by atoms with Gasteiger partial charge in [0.1, 0.15) is 5.60 Å². The molecule has 0 aromatic heterocycles. The smallest absolute Gasteiger partial charge is 0.407 e. The summed E-state index contributed by atoms with van der Waals surface area (Å²) in [7, 11) is 0. The molecule has 0 saturated carbocycles. The number of carbonyl (C=O) groups excluding carboxylic acids is 1. The number of aliphatic carboxylic acids is 1. The van der Waals surface area contributed by atoms with Crippen molar-refractivity contribution in [3.05, 3.63) is 0 Å². The quantitative estimate of drug-likeness (QED) is 0.684. The minimum absolute atomic E-state index is 0.230. The third kappa shape index (κ3) is 5.75. The number of nitrogens with two attached hydrogens (primary N) is 1. The van der Waals surface area contributed by atoms with E-state index in [0.29, 0.717) is 32.6 Å². The van der Waals surface area contributed by atoms with Crippen molar-refractivity contribution in [2.45, 2.75) is 38.8 Å². The maximum Gasteiger partial charge on any atom is 0.407 e. The normalized spacial score (nSPS) is 24.2. The van der Waals surface area contributed by atoms with Crippen LogP contribution in [-0.4, -0.2) is 59.9 Å². The van der Waals surface area contributed by atoms with Crippen LogP contribution in [0.5, 0.6) is 0 Å². The molecule has 2 unspecified atom stereocenters. The van der Waals surface area contributed by atoms with Crippen molar-refractivity contribution in [1.82, 2.24) is 10.2 Å². The predicted octanol–water partition coefficient (Wildman–Crippen LogP) is 0.245. The minimum atomic E-state index is -0.845. The first-order valence-corrected chi connectivity index (χ1v) is 6.86. The number of likely N-dealkylation sites (tertiary alicyclic amines) is 1. The highest BCUT2D eigenvalue weighted by Gasteiger charge is 2.32. The number of amides is 1. The third-order valence-electron chi connectivity index (χ3n) is 3.04. The molecule has 1 amide bonds. The molecule has 0 aliphatic carbocycles. The molecular weight excluding hydrogens is 262 g/mol. The molecule has 1 saturated heterocycles. The molecule has 1 rings (SSSR count). The Morgan fingerprint density at radius 1 is 1.40 bits per heavy atom. The van der Waals surface area contributed by atoms with E-state index in [1.165, 1.54) is 0 Å². The van der Waals surface area contributed by atoms with Gasteiger partial charge in [0.15, 0.2) is 0 Å². The molecule has 0 spiro atoms. The van der Waals surface area contributed by atoms with Gasteiger partial charge in [-0.25, -0.2) is 4.79 Å². The number of hydrogen-bond donors (Lipinski definition) is 3. The Hall–Kier alpha value is -1.34. The summed E-state index contributed by atoms with van der Waals surface area (Å²) >= 11 is 0. The summed E-state index contributed by atoms with van der Waals surface area (Å²) in [5, 5.41) is 11.9. The zero-order chi connectivity index (χ0) is 15.3. The molecule has 1 aliphatic heterocycles. The summed E-state index contributed by atoms with van der Waals surface area (Å²) in [6.07, 6.45) is -0.100. The van der Waals surface area contributed by atoms with Gasteiger partial charge < -0.3 is 20.9 Å². The van der Waals surface area contributed by atoms with Gasteiger partial charge in [0.05, 0.1) is 5.92 Å². The summed E-state index contributed by atoms with van der Waals surface area (Å²) in [6, 6.07) is -0.230. The average molecular weight is 287 g/mol. The van der Waals surface area contributed by atoms with Crippen LogP contribution in [0.1, 0.15) is 27.2 Å². The topological polar surface area (TPSA) is 105 Å². The van der Waals surface area contributed by atoms with Crippen molar-refractivity contribution in [3.8, 4) is 0 Å². The Labute approximate surface area is 119 Å². The van der Waals surface area contributed by atoms with Gasteiger partial charge in [-0.3, -0.25) is 9.69 Å². The first-order chi connectivity index (χ1) is 9.21. The summed E-state index contributed by atoms with van der Waals surface area (Å²) in [5.41, 5.74) is 4.94. The number of rotatable bonds is 4. The highest BCUT2D eigenvalue weighted by molar-refractivity contribution is 5.71. The molecule has 1 heterocycles. The molecule has 0 aromatic rings. The van der Waals surface area contributed by atoms with Crippen LogP contribution in [0.15, 0.2) is 0 Å². The van der Waals surface area contributed by atoms with Gasteiger partial charge >= 0.3 is 12.1 Å². The van der Waals surface area contributed by atoms with Crippen molar-refractivity contribution in [1.29, 1.82) is 0 Å². The van der Waals surface area contributed by atoms with Crippen LogP contribution in [0.25, 0.3) is 0 Å². The number of nitrogens with zero attached hydrogens (tertiary/aromatic N) is 1.